The lowest BCUT2D eigenvalue weighted by atomic mass is 9.73. The molecule has 2 heterocycles. The second kappa shape index (κ2) is 6.74. The van der Waals surface area contributed by atoms with Gasteiger partial charge in [-0.15, -0.1) is 0 Å². The van der Waals surface area contributed by atoms with E-state index in [2.05, 4.69) is 34.4 Å². The molecule has 7 nitrogen and oxygen atoms in total. The van der Waals surface area contributed by atoms with Crippen molar-refractivity contribution in [2.24, 2.45) is 17.6 Å². The zero-order chi connectivity index (χ0) is 18.0. The average molecular weight is 342 g/mol. The van der Waals surface area contributed by atoms with Crippen LogP contribution in [-0.2, 0) is 4.79 Å². The van der Waals surface area contributed by atoms with Gasteiger partial charge in [0.25, 0.3) is 0 Å². The number of nitrogens with zero attached hydrogens (tertiary/aromatic N) is 1. The summed E-state index contributed by atoms with van der Waals surface area (Å²) in [7, 11) is 0. The molecule has 2 aromatic rings. The molecule has 0 radical (unpaired) electrons. The van der Waals surface area contributed by atoms with E-state index in [1.54, 1.807) is 6.20 Å². The Morgan fingerprint density at radius 3 is 2.72 bits per heavy atom. The topological polar surface area (TPSA) is 120 Å². The molecule has 0 aromatic carbocycles. The normalized spacial score (nSPS) is 21.0. The number of pyridine rings is 1. The van der Waals surface area contributed by atoms with Gasteiger partial charge in [0.1, 0.15) is 5.65 Å². The van der Waals surface area contributed by atoms with Crippen LogP contribution < -0.4 is 16.4 Å². The van der Waals surface area contributed by atoms with Gasteiger partial charge >= 0.3 is 0 Å². The molecule has 134 valence electrons. The lowest BCUT2D eigenvalue weighted by molar-refractivity contribution is -0.121. The van der Waals surface area contributed by atoms with Gasteiger partial charge in [-0.05, 0) is 57.6 Å². The van der Waals surface area contributed by atoms with Gasteiger partial charge in [-0.3, -0.25) is 10.2 Å². The first-order valence-electron chi connectivity index (χ1n) is 8.72. The number of rotatable bonds is 4. The number of aromatic nitrogens is 2. The van der Waals surface area contributed by atoms with Crippen LogP contribution >= 0.6 is 0 Å². The molecule has 1 aliphatic rings. The minimum absolute atomic E-state index is 0.00178. The molecule has 1 fully saturated rings. The third-order valence-electron chi connectivity index (χ3n) is 5.29. The number of aromatic amines is 1. The Morgan fingerprint density at radius 2 is 2.04 bits per heavy atom. The van der Waals surface area contributed by atoms with Gasteiger partial charge < -0.3 is 21.4 Å². The van der Waals surface area contributed by atoms with E-state index >= 15 is 0 Å². The number of nitrogens with one attached hydrogen (secondary N) is 4. The highest BCUT2D eigenvalue weighted by atomic mass is 16.1. The highest BCUT2D eigenvalue weighted by molar-refractivity contribution is 6.00. The van der Waals surface area contributed by atoms with E-state index in [0.717, 1.165) is 42.4 Å². The van der Waals surface area contributed by atoms with Crippen molar-refractivity contribution in [2.45, 2.75) is 45.1 Å². The fourth-order valence-corrected chi connectivity index (χ4v) is 3.83. The zero-order valence-electron chi connectivity index (χ0n) is 14.7. The number of hydrogen-bond acceptors (Lipinski definition) is 3. The lowest BCUT2D eigenvalue weighted by Crippen LogP contribution is -2.52. The van der Waals surface area contributed by atoms with Gasteiger partial charge in [0, 0.05) is 29.2 Å². The molecule has 0 unspecified atom stereocenters. The third-order valence-corrected chi connectivity index (χ3v) is 5.29. The molecule has 25 heavy (non-hydrogen) atoms. The Hall–Kier alpha value is -2.57. The van der Waals surface area contributed by atoms with Crippen molar-refractivity contribution in [3.8, 4) is 0 Å². The molecule has 0 atom stereocenters. The highest BCUT2D eigenvalue weighted by Crippen LogP contribution is 2.36. The third kappa shape index (κ3) is 3.75. The van der Waals surface area contributed by atoms with Crippen LogP contribution in [0.1, 0.15) is 39.5 Å². The summed E-state index contributed by atoms with van der Waals surface area (Å²) in [5, 5.41) is 14.5. The number of H-pyrrole nitrogens is 1. The van der Waals surface area contributed by atoms with Gasteiger partial charge in [-0.2, -0.15) is 0 Å². The van der Waals surface area contributed by atoms with Crippen molar-refractivity contribution in [2.75, 3.05) is 5.32 Å². The fourth-order valence-electron chi connectivity index (χ4n) is 3.83. The minimum atomic E-state index is -0.227. The number of amides is 1. The van der Waals surface area contributed by atoms with Crippen LogP contribution in [0.2, 0.25) is 0 Å². The quantitative estimate of drug-likeness (QED) is 0.433. The predicted molar refractivity (Wildman–Crippen MR) is 99.3 cm³/mol. The van der Waals surface area contributed by atoms with E-state index in [-0.39, 0.29) is 23.3 Å². The van der Waals surface area contributed by atoms with E-state index in [4.69, 9.17) is 11.1 Å². The number of carbonyl (C=O) groups is 1. The van der Waals surface area contributed by atoms with Crippen LogP contribution in [0.4, 0.5) is 5.69 Å². The molecular formula is C18H26N6O. The summed E-state index contributed by atoms with van der Waals surface area (Å²) >= 11 is 0. The van der Waals surface area contributed by atoms with Crippen molar-refractivity contribution in [1.29, 1.82) is 5.41 Å². The monoisotopic (exact) mass is 342 g/mol. The van der Waals surface area contributed by atoms with Crippen LogP contribution in [0.15, 0.2) is 24.5 Å². The van der Waals surface area contributed by atoms with E-state index in [9.17, 15) is 4.79 Å². The molecule has 6 N–H and O–H groups in total. The molecule has 0 spiro atoms. The molecule has 0 saturated heterocycles. The molecule has 1 aliphatic carbocycles. The van der Waals surface area contributed by atoms with E-state index in [1.807, 2.05) is 18.3 Å². The zero-order valence-corrected chi connectivity index (χ0v) is 14.7. The van der Waals surface area contributed by atoms with Crippen molar-refractivity contribution >= 4 is 28.6 Å². The largest absolute Gasteiger partial charge is 0.370 e. The first-order valence-corrected chi connectivity index (χ1v) is 8.72. The molecule has 0 aliphatic heterocycles. The molecule has 3 rings (SSSR count). The van der Waals surface area contributed by atoms with E-state index in [0.29, 0.717) is 5.92 Å². The predicted octanol–water partition coefficient (Wildman–Crippen LogP) is 2.57. The Kier molecular flexibility index (Phi) is 4.65. The minimum Gasteiger partial charge on any atom is -0.370 e. The fraction of sp³-hybridized carbons (Fsp3) is 0.500. The first-order chi connectivity index (χ1) is 11.9. The van der Waals surface area contributed by atoms with Crippen LogP contribution in [0.3, 0.4) is 0 Å². The average Bonchev–Trinajstić information content (AvgIpc) is 3.03. The standard InChI is InChI=1S/C18H26N6O/c1-18(2,24-17(19)20)12-5-3-11(4-6-12)16(25)23-14-8-10-22-15-13(14)7-9-21-15/h7-12H,3-6H2,1-2H3,(H4,19,20,24)(H2,21,22,23,25)/t11-,12-. The van der Waals surface area contributed by atoms with Crippen LogP contribution in [-0.4, -0.2) is 27.4 Å². The van der Waals surface area contributed by atoms with Gasteiger partial charge in [-0.25, -0.2) is 4.98 Å². The summed E-state index contributed by atoms with van der Waals surface area (Å²) in [6, 6.07) is 3.75. The summed E-state index contributed by atoms with van der Waals surface area (Å²) in [5.74, 6) is 0.492. The van der Waals surface area contributed by atoms with Gasteiger partial charge in [-0.1, -0.05) is 0 Å². The summed E-state index contributed by atoms with van der Waals surface area (Å²) in [4.78, 5) is 20.0. The summed E-state index contributed by atoms with van der Waals surface area (Å²) in [5.41, 5.74) is 6.84. The molecule has 0 bridgehead atoms. The smallest absolute Gasteiger partial charge is 0.227 e. The van der Waals surface area contributed by atoms with Crippen molar-refractivity contribution in [3.63, 3.8) is 0 Å². The summed E-state index contributed by atoms with van der Waals surface area (Å²) in [6.45, 7) is 4.14. The molecule has 2 aromatic heterocycles. The maximum Gasteiger partial charge on any atom is 0.227 e. The van der Waals surface area contributed by atoms with Crippen LogP contribution in [0, 0.1) is 17.2 Å². The first kappa shape index (κ1) is 17.3. The maximum atomic E-state index is 12.7. The number of fused-ring (bicyclic) bond motifs is 1. The Labute approximate surface area is 147 Å². The van der Waals surface area contributed by atoms with Crippen LogP contribution in [0.25, 0.3) is 11.0 Å². The summed E-state index contributed by atoms with van der Waals surface area (Å²) < 4.78 is 0. The number of nitrogens with two attached hydrogens (primary N) is 1. The SMILES string of the molecule is CC(C)(NC(=N)N)[C@H]1CC[C@H](C(=O)Nc2ccnc3[nH]ccc23)CC1. The molecule has 1 saturated carbocycles. The number of anilines is 1. The highest BCUT2D eigenvalue weighted by Gasteiger charge is 2.35. The van der Waals surface area contributed by atoms with Crippen molar-refractivity contribution in [1.82, 2.24) is 15.3 Å². The summed E-state index contributed by atoms with van der Waals surface area (Å²) in [6.07, 6.45) is 7.11. The number of guanidine groups is 1. The van der Waals surface area contributed by atoms with Gasteiger partial charge in [0.15, 0.2) is 5.96 Å². The molecule has 1 amide bonds. The van der Waals surface area contributed by atoms with E-state index in [1.165, 1.54) is 0 Å². The van der Waals surface area contributed by atoms with Gasteiger partial charge in [0.05, 0.1) is 5.69 Å². The maximum absolute atomic E-state index is 12.7. The Morgan fingerprint density at radius 1 is 1.32 bits per heavy atom. The molecular weight excluding hydrogens is 316 g/mol. The second-order valence-corrected chi connectivity index (χ2v) is 7.40. The second-order valence-electron chi connectivity index (χ2n) is 7.40. The van der Waals surface area contributed by atoms with Crippen molar-refractivity contribution in [3.05, 3.63) is 24.5 Å². The van der Waals surface area contributed by atoms with Crippen molar-refractivity contribution < 1.29 is 4.79 Å². The van der Waals surface area contributed by atoms with E-state index < -0.39 is 0 Å². The Balaban J connectivity index is 1.60. The van der Waals surface area contributed by atoms with Gasteiger partial charge in [0.2, 0.25) is 5.91 Å². The molecule has 7 heteroatoms. The number of carbonyl (C=O) groups excluding carboxylic acids is 1. The number of hydrogen-bond donors (Lipinski definition) is 5. The Bertz CT molecular complexity index is 773. The lowest BCUT2D eigenvalue weighted by Gasteiger charge is -2.39. The van der Waals surface area contributed by atoms with Crippen LogP contribution in [0.5, 0.6) is 0 Å².